The largest absolute Gasteiger partial charge is 0.484 e. The van der Waals surface area contributed by atoms with Crippen molar-refractivity contribution in [1.29, 1.82) is 0 Å². The predicted molar refractivity (Wildman–Crippen MR) is 80.2 cm³/mol. The molecule has 0 radical (unpaired) electrons. The third-order valence-corrected chi connectivity index (χ3v) is 3.43. The van der Waals surface area contributed by atoms with E-state index in [2.05, 4.69) is 30.4 Å². The van der Waals surface area contributed by atoms with Gasteiger partial charge in [-0.1, -0.05) is 42.5 Å². The minimum absolute atomic E-state index is 0.0623. The number of fused-ring (bicyclic) bond motifs is 1. The van der Waals surface area contributed by atoms with Gasteiger partial charge in [0.05, 0.1) is 25.4 Å². The number of hydrogen-bond acceptors (Lipinski definition) is 3. The summed E-state index contributed by atoms with van der Waals surface area (Å²) in [5.74, 6) is 0.951. The highest BCUT2D eigenvalue weighted by Crippen LogP contribution is 2.32. The van der Waals surface area contributed by atoms with Gasteiger partial charge in [-0.15, -0.1) is 0 Å². The lowest BCUT2D eigenvalue weighted by Gasteiger charge is -2.28. The van der Waals surface area contributed by atoms with E-state index in [-0.39, 0.29) is 6.10 Å². The van der Waals surface area contributed by atoms with Crippen LogP contribution in [0, 0.1) is 6.92 Å². The molecule has 0 saturated carbocycles. The molecule has 1 unspecified atom stereocenters. The van der Waals surface area contributed by atoms with Gasteiger partial charge >= 0.3 is 0 Å². The van der Waals surface area contributed by atoms with Crippen molar-refractivity contribution >= 4 is 5.69 Å². The van der Waals surface area contributed by atoms with Crippen molar-refractivity contribution in [2.75, 3.05) is 18.5 Å². The van der Waals surface area contributed by atoms with Gasteiger partial charge in [-0.25, -0.2) is 0 Å². The fourth-order valence-corrected chi connectivity index (χ4v) is 2.36. The molecular formula is C17H19NO2. The fourth-order valence-electron chi connectivity index (χ4n) is 2.36. The van der Waals surface area contributed by atoms with Gasteiger partial charge in [0.25, 0.3) is 0 Å². The summed E-state index contributed by atoms with van der Waals surface area (Å²) in [7, 11) is 0. The van der Waals surface area contributed by atoms with Crippen molar-refractivity contribution in [2.24, 2.45) is 0 Å². The van der Waals surface area contributed by atoms with Crippen molar-refractivity contribution < 1.29 is 9.47 Å². The van der Waals surface area contributed by atoms with E-state index in [1.165, 1.54) is 5.56 Å². The van der Waals surface area contributed by atoms with E-state index in [0.29, 0.717) is 13.2 Å². The quantitative estimate of drug-likeness (QED) is 0.923. The minimum atomic E-state index is 0.0623. The highest BCUT2D eigenvalue weighted by molar-refractivity contribution is 5.61. The number of rotatable bonds is 4. The summed E-state index contributed by atoms with van der Waals surface area (Å²) in [4.78, 5) is 0. The van der Waals surface area contributed by atoms with Gasteiger partial charge in [0.1, 0.15) is 11.9 Å². The summed E-state index contributed by atoms with van der Waals surface area (Å²) in [5.41, 5.74) is 3.42. The summed E-state index contributed by atoms with van der Waals surface area (Å²) in [6.07, 6.45) is 0.0623. The number of ether oxygens (including phenoxy) is 2. The van der Waals surface area contributed by atoms with Crippen molar-refractivity contribution in [3.63, 3.8) is 0 Å². The molecule has 0 spiro atoms. The summed E-state index contributed by atoms with van der Waals surface area (Å²) in [6.45, 7) is 4.07. The van der Waals surface area contributed by atoms with Crippen LogP contribution >= 0.6 is 0 Å². The zero-order valence-corrected chi connectivity index (χ0v) is 11.6. The molecule has 2 aromatic carbocycles. The van der Waals surface area contributed by atoms with Crippen LogP contribution in [0.2, 0.25) is 0 Å². The maximum atomic E-state index is 6.01. The first-order chi connectivity index (χ1) is 9.83. The molecule has 0 fully saturated rings. The van der Waals surface area contributed by atoms with Crippen LogP contribution in [0.3, 0.4) is 0 Å². The normalized spacial score (nSPS) is 16.9. The molecule has 0 amide bonds. The Kier molecular flexibility index (Phi) is 3.88. The second-order valence-corrected chi connectivity index (χ2v) is 5.07. The van der Waals surface area contributed by atoms with Crippen LogP contribution in [0.1, 0.15) is 11.1 Å². The zero-order chi connectivity index (χ0) is 13.8. The molecule has 1 aliphatic heterocycles. The van der Waals surface area contributed by atoms with Gasteiger partial charge < -0.3 is 14.8 Å². The number of benzene rings is 2. The molecule has 1 atom stereocenters. The highest BCUT2D eigenvalue weighted by Gasteiger charge is 2.20. The van der Waals surface area contributed by atoms with E-state index < -0.39 is 0 Å². The van der Waals surface area contributed by atoms with E-state index >= 15 is 0 Å². The molecule has 104 valence electrons. The van der Waals surface area contributed by atoms with Crippen molar-refractivity contribution in [1.82, 2.24) is 0 Å². The smallest absolute Gasteiger partial charge is 0.145 e. The first-order valence-electron chi connectivity index (χ1n) is 6.95. The van der Waals surface area contributed by atoms with Crippen molar-refractivity contribution in [3.05, 3.63) is 59.7 Å². The summed E-state index contributed by atoms with van der Waals surface area (Å²) in [5, 5.41) is 3.40. The number of aryl methyl sites for hydroxylation is 1. The van der Waals surface area contributed by atoms with Crippen LogP contribution in [0.5, 0.6) is 5.75 Å². The third kappa shape index (κ3) is 2.94. The van der Waals surface area contributed by atoms with E-state index in [0.717, 1.165) is 23.5 Å². The van der Waals surface area contributed by atoms with Gasteiger partial charge in [-0.3, -0.25) is 0 Å². The number of hydrogen-bond donors (Lipinski definition) is 1. The first kappa shape index (κ1) is 13.0. The molecule has 2 aromatic rings. The van der Waals surface area contributed by atoms with E-state index in [1.54, 1.807) is 0 Å². The van der Waals surface area contributed by atoms with Crippen LogP contribution in [-0.2, 0) is 11.3 Å². The standard InChI is InChI=1S/C17H19NO2/c1-13-6-5-9-16-17(13)20-15(10-18-16)12-19-11-14-7-3-2-4-8-14/h2-9,15,18H,10-12H2,1H3. The Morgan fingerprint density at radius 2 is 2.00 bits per heavy atom. The maximum Gasteiger partial charge on any atom is 0.145 e. The van der Waals surface area contributed by atoms with Gasteiger partial charge in [-0.2, -0.15) is 0 Å². The number of nitrogens with one attached hydrogen (secondary N) is 1. The Bertz CT molecular complexity index is 568. The molecule has 1 N–H and O–H groups in total. The molecule has 0 aliphatic carbocycles. The maximum absolute atomic E-state index is 6.01. The Balaban J connectivity index is 1.54. The molecular weight excluding hydrogens is 250 g/mol. The average molecular weight is 269 g/mol. The second kappa shape index (κ2) is 5.97. The van der Waals surface area contributed by atoms with Crippen LogP contribution in [0.25, 0.3) is 0 Å². The zero-order valence-electron chi connectivity index (χ0n) is 11.6. The molecule has 1 aliphatic rings. The van der Waals surface area contributed by atoms with Crippen LogP contribution in [0.15, 0.2) is 48.5 Å². The summed E-state index contributed by atoms with van der Waals surface area (Å²) < 4.78 is 11.8. The van der Waals surface area contributed by atoms with Crippen molar-refractivity contribution in [3.8, 4) is 5.75 Å². The van der Waals surface area contributed by atoms with E-state index in [9.17, 15) is 0 Å². The van der Waals surface area contributed by atoms with Crippen molar-refractivity contribution in [2.45, 2.75) is 19.6 Å². The Hall–Kier alpha value is -2.00. The third-order valence-electron chi connectivity index (χ3n) is 3.43. The van der Waals surface area contributed by atoms with E-state index in [4.69, 9.17) is 9.47 Å². The number of anilines is 1. The average Bonchev–Trinajstić information content (AvgIpc) is 2.49. The SMILES string of the molecule is Cc1cccc2c1OC(COCc1ccccc1)CN2. The van der Waals surface area contributed by atoms with Crippen LogP contribution in [-0.4, -0.2) is 19.3 Å². The van der Waals surface area contributed by atoms with Gasteiger partial charge in [0, 0.05) is 0 Å². The monoisotopic (exact) mass is 269 g/mol. The minimum Gasteiger partial charge on any atom is -0.484 e. The molecule has 0 bridgehead atoms. The first-order valence-corrected chi connectivity index (χ1v) is 6.95. The number of para-hydroxylation sites is 1. The molecule has 3 rings (SSSR count). The molecule has 1 heterocycles. The van der Waals surface area contributed by atoms with Crippen LogP contribution < -0.4 is 10.1 Å². The topological polar surface area (TPSA) is 30.5 Å². The lowest BCUT2D eigenvalue weighted by molar-refractivity contribution is 0.0438. The lowest BCUT2D eigenvalue weighted by Crippen LogP contribution is -2.35. The van der Waals surface area contributed by atoms with Crippen LogP contribution in [0.4, 0.5) is 5.69 Å². The highest BCUT2D eigenvalue weighted by atomic mass is 16.5. The van der Waals surface area contributed by atoms with E-state index in [1.807, 2.05) is 30.3 Å². The van der Waals surface area contributed by atoms with Gasteiger partial charge in [0.2, 0.25) is 0 Å². The lowest BCUT2D eigenvalue weighted by atomic mass is 10.1. The summed E-state index contributed by atoms with van der Waals surface area (Å²) >= 11 is 0. The fraction of sp³-hybridized carbons (Fsp3) is 0.294. The predicted octanol–water partition coefficient (Wildman–Crippen LogP) is 3.38. The Morgan fingerprint density at radius 3 is 2.85 bits per heavy atom. The Morgan fingerprint density at radius 1 is 1.15 bits per heavy atom. The summed E-state index contributed by atoms with van der Waals surface area (Å²) in [6, 6.07) is 16.3. The molecule has 3 heteroatoms. The molecule has 0 aromatic heterocycles. The second-order valence-electron chi connectivity index (χ2n) is 5.07. The van der Waals surface area contributed by atoms with Gasteiger partial charge in [-0.05, 0) is 24.1 Å². The van der Waals surface area contributed by atoms with Gasteiger partial charge in [0.15, 0.2) is 0 Å². The Labute approximate surface area is 119 Å². The molecule has 0 saturated heterocycles. The molecule has 3 nitrogen and oxygen atoms in total. The molecule has 20 heavy (non-hydrogen) atoms.